The molecule has 0 unspecified atom stereocenters. The fourth-order valence-corrected chi connectivity index (χ4v) is 7.13. The minimum Gasteiger partial charge on any atom is -0.495 e. The highest BCUT2D eigenvalue weighted by Crippen LogP contribution is 2.42. The molecule has 5 rings (SSSR count). The summed E-state index contributed by atoms with van der Waals surface area (Å²) >= 11 is 0. The Labute approximate surface area is 256 Å². The molecule has 0 atom stereocenters. The zero-order valence-corrected chi connectivity index (χ0v) is 26.0. The summed E-state index contributed by atoms with van der Waals surface area (Å²) in [4.78, 5) is 4.25. The summed E-state index contributed by atoms with van der Waals surface area (Å²) < 4.78 is 71.6. The largest absolute Gasteiger partial charge is 0.495 e. The zero-order chi connectivity index (χ0) is 31.6. The number of nitrogens with one attached hydrogen (secondary N) is 2. The molecule has 10 nitrogen and oxygen atoms in total. The predicted octanol–water partition coefficient (Wildman–Crippen LogP) is 5.61. The summed E-state index contributed by atoms with van der Waals surface area (Å²) in [6.45, 7) is 5.37. The van der Waals surface area contributed by atoms with Crippen molar-refractivity contribution in [2.24, 2.45) is 0 Å². The predicted molar refractivity (Wildman–Crippen MR) is 166 cm³/mol. The van der Waals surface area contributed by atoms with E-state index in [1.807, 2.05) is 13.8 Å². The van der Waals surface area contributed by atoms with Crippen molar-refractivity contribution in [2.45, 2.75) is 62.4 Å². The fourth-order valence-electron chi connectivity index (χ4n) is 5.90. The molecule has 236 valence electrons. The molecule has 0 saturated heterocycles. The lowest BCUT2D eigenvalue weighted by Gasteiger charge is -2.30. The summed E-state index contributed by atoms with van der Waals surface area (Å²) in [5.74, 6) is -1.43. The standard InChI is InChI=1S/C31H38F2N6O4S/c1-18(2)39-30-22(19-9-11-20(12-10-19)35-13-14-42-3)17-36-31(34)28(30)29(37-39)21-15-24(33)25(16-23(21)32)38-44(40,41)27-8-6-5-7-26(27)43-4/h5-8,15-20,35,38H,9-14H2,1-4H3,(H2,34,36)/t19-,20-. The maximum Gasteiger partial charge on any atom is 0.265 e. The summed E-state index contributed by atoms with van der Waals surface area (Å²) in [6, 6.07) is 7.92. The highest BCUT2D eigenvalue weighted by atomic mass is 32.2. The van der Waals surface area contributed by atoms with Crippen LogP contribution >= 0.6 is 0 Å². The first-order valence-electron chi connectivity index (χ1n) is 14.6. The fraction of sp³-hybridized carbons (Fsp3) is 0.419. The molecule has 0 bridgehead atoms. The van der Waals surface area contributed by atoms with Gasteiger partial charge in [0, 0.05) is 43.6 Å². The Morgan fingerprint density at radius 1 is 1.09 bits per heavy atom. The first-order chi connectivity index (χ1) is 21.1. The molecule has 0 aliphatic heterocycles. The van der Waals surface area contributed by atoms with E-state index < -0.39 is 27.3 Å². The van der Waals surface area contributed by atoms with Gasteiger partial charge in [0.2, 0.25) is 0 Å². The molecule has 0 spiro atoms. The molecule has 2 aromatic heterocycles. The second-order valence-electron chi connectivity index (χ2n) is 11.3. The molecule has 2 aromatic carbocycles. The third-order valence-corrected chi connectivity index (χ3v) is 9.50. The number of fused-ring (bicyclic) bond motifs is 1. The Kier molecular flexibility index (Phi) is 9.37. The average Bonchev–Trinajstić information content (AvgIpc) is 3.41. The number of aromatic nitrogens is 3. The smallest absolute Gasteiger partial charge is 0.265 e. The number of rotatable bonds is 11. The Hall–Kier alpha value is -3.81. The van der Waals surface area contributed by atoms with Crippen LogP contribution in [0.5, 0.6) is 5.75 Å². The van der Waals surface area contributed by atoms with Crippen molar-refractivity contribution in [3.63, 3.8) is 0 Å². The summed E-state index contributed by atoms with van der Waals surface area (Å²) in [7, 11) is -1.29. The van der Waals surface area contributed by atoms with E-state index in [1.165, 1.54) is 25.3 Å². The molecular weight excluding hydrogens is 590 g/mol. The van der Waals surface area contributed by atoms with Gasteiger partial charge in [-0.1, -0.05) is 12.1 Å². The van der Waals surface area contributed by atoms with Gasteiger partial charge in [-0.2, -0.15) is 5.10 Å². The number of pyridine rings is 1. The lowest BCUT2D eigenvalue weighted by Crippen LogP contribution is -2.34. The summed E-state index contributed by atoms with van der Waals surface area (Å²) in [5, 5.41) is 8.70. The van der Waals surface area contributed by atoms with Gasteiger partial charge >= 0.3 is 0 Å². The number of hydrogen-bond donors (Lipinski definition) is 3. The van der Waals surface area contributed by atoms with Crippen LogP contribution in [0.25, 0.3) is 22.2 Å². The molecule has 4 aromatic rings. The SMILES string of the molecule is COCCN[C@H]1CC[C@H](c2cnc(N)c3c(-c4cc(F)c(NS(=O)(=O)c5ccccc5OC)cc4F)nn(C(C)C)c32)CC1. The van der Waals surface area contributed by atoms with E-state index in [2.05, 4.69) is 15.0 Å². The number of nitrogens with two attached hydrogens (primary N) is 1. The van der Waals surface area contributed by atoms with Gasteiger partial charge in [0.25, 0.3) is 10.0 Å². The van der Waals surface area contributed by atoms with Crippen LogP contribution < -0.4 is 20.5 Å². The van der Waals surface area contributed by atoms with Crippen molar-refractivity contribution in [1.82, 2.24) is 20.1 Å². The van der Waals surface area contributed by atoms with Crippen molar-refractivity contribution in [2.75, 3.05) is 37.8 Å². The van der Waals surface area contributed by atoms with Crippen LogP contribution in [0.2, 0.25) is 0 Å². The number of anilines is 2. The Morgan fingerprint density at radius 3 is 2.50 bits per heavy atom. The quantitative estimate of drug-likeness (QED) is 0.183. The number of nitrogen functional groups attached to an aromatic ring is 1. The topological polar surface area (TPSA) is 133 Å². The Morgan fingerprint density at radius 2 is 1.82 bits per heavy atom. The lowest BCUT2D eigenvalue weighted by atomic mass is 9.81. The number of methoxy groups -OCH3 is 2. The third-order valence-electron chi connectivity index (χ3n) is 8.09. The van der Waals surface area contributed by atoms with Crippen molar-refractivity contribution in [3.05, 3.63) is 59.8 Å². The normalized spacial score (nSPS) is 17.3. The highest BCUT2D eigenvalue weighted by Gasteiger charge is 2.29. The minimum atomic E-state index is -4.29. The van der Waals surface area contributed by atoms with Crippen molar-refractivity contribution < 1.29 is 26.7 Å². The second kappa shape index (κ2) is 13.0. The van der Waals surface area contributed by atoms with E-state index in [1.54, 1.807) is 24.1 Å². The number of benzene rings is 2. The van der Waals surface area contributed by atoms with E-state index in [0.717, 1.165) is 55.4 Å². The zero-order valence-electron chi connectivity index (χ0n) is 25.2. The molecule has 1 aliphatic rings. The van der Waals surface area contributed by atoms with Crippen LogP contribution in [0.15, 0.2) is 47.5 Å². The second-order valence-corrected chi connectivity index (χ2v) is 12.9. The van der Waals surface area contributed by atoms with Crippen LogP contribution in [-0.2, 0) is 14.8 Å². The Bertz CT molecular complexity index is 1750. The molecule has 13 heteroatoms. The summed E-state index contributed by atoms with van der Waals surface area (Å²) in [5.41, 5.74) is 7.55. The molecule has 0 radical (unpaired) electrons. The number of sulfonamides is 1. The maximum atomic E-state index is 15.8. The summed E-state index contributed by atoms with van der Waals surface area (Å²) in [6.07, 6.45) is 5.59. The number of halogens is 2. The van der Waals surface area contributed by atoms with Crippen LogP contribution in [0.3, 0.4) is 0 Å². The van der Waals surface area contributed by atoms with Gasteiger partial charge in [-0.25, -0.2) is 22.2 Å². The molecule has 4 N–H and O–H groups in total. The van der Waals surface area contributed by atoms with Crippen LogP contribution in [0.4, 0.5) is 20.3 Å². The molecule has 1 saturated carbocycles. The van der Waals surface area contributed by atoms with Gasteiger partial charge < -0.3 is 20.5 Å². The lowest BCUT2D eigenvalue weighted by molar-refractivity contribution is 0.191. The van der Waals surface area contributed by atoms with Gasteiger partial charge in [0.15, 0.2) is 0 Å². The highest BCUT2D eigenvalue weighted by molar-refractivity contribution is 7.92. The molecule has 2 heterocycles. The number of para-hydroxylation sites is 1. The Balaban J connectivity index is 1.52. The molecule has 0 amide bonds. The van der Waals surface area contributed by atoms with E-state index in [4.69, 9.17) is 20.3 Å². The average molecular weight is 629 g/mol. The first-order valence-corrected chi connectivity index (χ1v) is 16.1. The number of ether oxygens (including phenoxy) is 2. The number of nitrogens with zero attached hydrogens (tertiary/aromatic N) is 3. The van der Waals surface area contributed by atoms with Crippen LogP contribution in [0.1, 0.15) is 57.1 Å². The molecular formula is C31H38F2N6O4S. The number of hydrogen-bond acceptors (Lipinski definition) is 8. The van der Waals surface area contributed by atoms with Gasteiger partial charge in [0.1, 0.15) is 33.8 Å². The van der Waals surface area contributed by atoms with Gasteiger partial charge in [-0.05, 0) is 69.2 Å². The maximum absolute atomic E-state index is 15.8. The monoisotopic (exact) mass is 628 g/mol. The van der Waals surface area contributed by atoms with E-state index in [-0.39, 0.29) is 39.7 Å². The van der Waals surface area contributed by atoms with Crippen molar-refractivity contribution >= 4 is 32.4 Å². The van der Waals surface area contributed by atoms with Gasteiger partial charge in [-0.15, -0.1) is 0 Å². The van der Waals surface area contributed by atoms with E-state index >= 15 is 8.78 Å². The van der Waals surface area contributed by atoms with Crippen molar-refractivity contribution in [3.8, 4) is 17.0 Å². The first kappa shape index (κ1) is 31.6. The van der Waals surface area contributed by atoms with Gasteiger partial charge in [-0.3, -0.25) is 9.40 Å². The van der Waals surface area contributed by atoms with Crippen LogP contribution in [0, 0.1) is 11.6 Å². The van der Waals surface area contributed by atoms with E-state index in [9.17, 15) is 8.42 Å². The third kappa shape index (κ3) is 6.21. The minimum absolute atomic E-state index is 0.0674. The van der Waals surface area contributed by atoms with Gasteiger partial charge in [0.05, 0.1) is 30.3 Å². The van der Waals surface area contributed by atoms with E-state index in [0.29, 0.717) is 18.0 Å². The van der Waals surface area contributed by atoms with Crippen LogP contribution in [-0.4, -0.2) is 56.6 Å². The molecule has 1 aliphatic carbocycles. The van der Waals surface area contributed by atoms with Crippen molar-refractivity contribution in [1.29, 1.82) is 0 Å². The molecule has 44 heavy (non-hydrogen) atoms. The molecule has 1 fully saturated rings.